The van der Waals surface area contributed by atoms with Crippen molar-refractivity contribution in [3.05, 3.63) is 53.7 Å². The zero-order valence-corrected chi connectivity index (χ0v) is 9.24. The molecule has 0 bridgehead atoms. The van der Waals surface area contributed by atoms with Crippen molar-refractivity contribution in [2.75, 3.05) is 0 Å². The van der Waals surface area contributed by atoms with Crippen molar-refractivity contribution in [3.8, 4) is 0 Å². The van der Waals surface area contributed by atoms with E-state index in [-0.39, 0.29) is 5.38 Å². The van der Waals surface area contributed by atoms with E-state index in [4.69, 9.17) is 16.0 Å². The first kappa shape index (κ1) is 10.2. The molecular formula is C12H12ClNO. The van der Waals surface area contributed by atoms with Crippen LogP contribution in [0.5, 0.6) is 0 Å². The normalized spacial score (nSPS) is 12.7. The van der Waals surface area contributed by atoms with Crippen LogP contribution in [0, 0.1) is 6.92 Å². The Bertz CT molecular complexity index is 424. The lowest BCUT2D eigenvalue weighted by Crippen LogP contribution is -1.97. The highest BCUT2D eigenvalue weighted by atomic mass is 35.5. The molecule has 0 saturated carbocycles. The van der Waals surface area contributed by atoms with Gasteiger partial charge in [0.05, 0.1) is 11.6 Å². The van der Waals surface area contributed by atoms with Crippen LogP contribution in [0.25, 0.3) is 0 Å². The van der Waals surface area contributed by atoms with E-state index in [1.807, 2.05) is 31.2 Å². The lowest BCUT2D eigenvalue weighted by atomic mass is 10.1. The lowest BCUT2D eigenvalue weighted by Gasteiger charge is -2.06. The van der Waals surface area contributed by atoms with E-state index in [1.165, 1.54) is 0 Å². The van der Waals surface area contributed by atoms with E-state index in [1.54, 1.807) is 12.5 Å². The second kappa shape index (κ2) is 4.49. The highest BCUT2D eigenvalue weighted by Gasteiger charge is 2.14. The first-order chi connectivity index (χ1) is 7.27. The fraction of sp³-hybridized carbons (Fsp3) is 0.250. The number of nitrogens with zero attached hydrogens (tertiary/aromatic N) is 1. The zero-order chi connectivity index (χ0) is 10.7. The fourth-order valence-corrected chi connectivity index (χ4v) is 1.88. The van der Waals surface area contributed by atoms with Gasteiger partial charge in [-0.05, 0) is 30.7 Å². The molecule has 2 heterocycles. The number of hydrogen-bond acceptors (Lipinski definition) is 2. The minimum absolute atomic E-state index is 0.144. The maximum atomic E-state index is 6.25. The molecule has 0 aromatic carbocycles. The second-order valence-corrected chi connectivity index (χ2v) is 3.99. The standard InChI is InChI=1S/C12H12ClNO/c1-9-5-7-15-12(9)11(13)8-10-4-2-3-6-14-10/h2-7,11H,8H2,1H3. The molecule has 0 amide bonds. The van der Waals surface area contributed by atoms with Gasteiger partial charge in [-0.15, -0.1) is 11.6 Å². The molecule has 0 aliphatic rings. The van der Waals surface area contributed by atoms with Gasteiger partial charge in [0.15, 0.2) is 0 Å². The Morgan fingerprint density at radius 3 is 2.87 bits per heavy atom. The summed E-state index contributed by atoms with van der Waals surface area (Å²) in [6.07, 6.45) is 4.13. The second-order valence-electron chi connectivity index (χ2n) is 3.46. The summed E-state index contributed by atoms with van der Waals surface area (Å²) in [4.78, 5) is 4.23. The number of furan rings is 1. The van der Waals surface area contributed by atoms with E-state index >= 15 is 0 Å². The van der Waals surface area contributed by atoms with Gasteiger partial charge in [-0.2, -0.15) is 0 Å². The van der Waals surface area contributed by atoms with E-state index in [9.17, 15) is 0 Å². The average molecular weight is 222 g/mol. The molecule has 2 rings (SSSR count). The van der Waals surface area contributed by atoms with Crippen molar-refractivity contribution < 1.29 is 4.42 Å². The van der Waals surface area contributed by atoms with Crippen molar-refractivity contribution in [2.24, 2.45) is 0 Å². The van der Waals surface area contributed by atoms with Crippen LogP contribution >= 0.6 is 11.6 Å². The number of halogens is 1. The van der Waals surface area contributed by atoms with Gasteiger partial charge < -0.3 is 4.42 Å². The van der Waals surface area contributed by atoms with Gasteiger partial charge in [0.25, 0.3) is 0 Å². The van der Waals surface area contributed by atoms with Gasteiger partial charge in [0.1, 0.15) is 5.76 Å². The van der Waals surface area contributed by atoms with Crippen molar-refractivity contribution >= 4 is 11.6 Å². The number of rotatable bonds is 3. The van der Waals surface area contributed by atoms with Crippen LogP contribution in [0.3, 0.4) is 0 Å². The van der Waals surface area contributed by atoms with E-state index in [0.29, 0.717) is 6.42 Å². The van der Waals surface area contributed by atoms with Crippen LogP contribution in [0.15, 0.2) is 41.1 Å². The fourth-order valence-electron chi connectivity index (χ4n) is 1.50. The number of aromatic nitrogens is 1. The Balaban J connectivity index is 2.11. The van der Waals surface area contributed by atoms with Crippen LogP contribution in [-0.4, -0.2) is 4.98 Å². The molecule has 1 unspecified atom stereocenters. The molecule has 0 saturated heterocycles. The maximum Gasteiger partial charge on any atom is 0.124 e. The van der Waals surface area contributed by atoms with Crippen LogP contribution in [-0.2, 0) is 6.42 Å². The molecule has 0 aliphatic heterocycles. The first-order valence-electron chi connectivity index (χ1n) is 4.85. The molecular weight excluding hydrogens is 210 g/mol. The third kappa shape index (κ3) is 2.39. The van der Waals surface area contributed by atoms with Gasteiger partial charge in [-0.3, -0.25) is 4.98 Å². The Morgan fingerprint density at radius 2 is 2.27 bits per heavy atom. The van der Waals surface area contributed by atoms with Crippen molar-refractivity contribution in [1.82, 2.24) is 4.98 Å². The minimum atomic E-state index is -0.144. The Kier molecular flexibility index (Phi) is 3.07. The molecule has 0 spiro atoms. The molecule has 2 nitrogen and oxygen atoms in total. The summed E-state index contributed by atoms with van der Waals surface area (Å²) in [6, 6.07) is 7.74. The summed E-state index contributed by atoms with van der Waals surface area (Å²) in [6.45, 7) is 1.99. The Morgan fingerprint density at radius 1 is 1.40 bits per heavy atom. The van der Waals surface area contributed by atoms with Crippen molar-refractivity contribution in [1.29, 1.82) is 0 Å². The quantitative estimate of drug-likeness (QED) is 0.742. The molecule has 15 heavy (non-hydrogen) atoms. The predicted octanol–water partition coefficient (Wildman–Crippen LogP) is 3.51. The predicted molar refractivity (Wildman–Crippen MR) is 60.0 cm³/mol. The van der Waals surface area contributed by atoms with Gasteiger partial charge >= 0.3 is 0 Å². The summed E-state index contributed by atoms with van der Waals surface area (Å²) in [5.74, 6) is 0.835. The summed E-state index contributed by atoms with van der Waals surface area (Å²) in [7, 11) is 0. The van der Waals surface area contributed by atoms with E-state index in [2.05, 4.69) is 4.98 Å². The van der Waals surface area contributed by atoms with Crippen LogP contribution in [0.4, 0.5) is 0 Å². The van der Waals surface area contributed by atoms with E-state index in [0.717, 1.165) is 17.0 Å². The first-order valence-corrected chi connectivity index (χ1v) is 5.29. The molecule has 1 atom stereocenters. The van der Waals surface area contributed by atoms with Gasteiger partial charge in [-0.1, -0.05) is 6.07 Å². The number of pyridine rings is 1. The molecule has 2 aromatic rings. The summed E-state index contributed by atoms with van der Waals surface area (Å²) in [5.41, 5.74) is 2.07. The molecule has 78 valence electrons. The maximum absolute atomic E-state index is 6.25. The highest BCUT2D eigenvalue weighted by molar-refractivity contribution is 6.20. The lowest BCUT2D eigenvalue weighted by molar-refractivity contribution is 0.498. The average Bonchev–Trinajstić information content (AvgIpc) is 2.66. The third-order valence-corrected chi connectivity index (χ3v) is 2.65. The summed E-state index contributed by atoms with van der Waals surface area (Å²) >= 11 is 6.25. The van der Waals surface area contributed by atoms with Crippen LogP contribution in [0.1, 0.15) is 22.4 Å². The molecule has 0 N–H and O–H groups in total. The molecule has 3 heteroatoms. The molecule has 2 aromatic heterocycles. The largest absolute Gasteiger partial charge is 0.467 e. The molecule has 0 aliphatic carbocycles. The summed E-state index contributed by atoms with van der Waals surface area (Å²) < 4.78 is 5.34. The smallest absolute Gasteiger partial charge is 0.124 e. The van der Waals surface area contributed by atoms with Crippen LogP contribution in [0.2, 0.25) is 0 Å². The Hall–Kier alpha value is -1.28. The topological polar surface area (TPSA) is 26.0 Å². The number of alkyl halides is 1. The minimum Gasteiger partial charge on any atom is -0.467 e. The zero-order valence-electron chi connectivity index (χ0n) is 8.48. The highest BCUT2D eigenvalue weighted by Crippen LogP contribution is 2.27. The molecule has 0 radical (unpaired) electrons. The van der Waals surface area contributed by atoms with Crippen molar-refractivity contribution in [2.45, 2.75) is 18.7 Å². The van der Waals surface area contributed by atoms with Gasteiger partial charge in [-0.25, -0.2) is 0 Å². The van der Waals surface area contributed by atoms with E-state index < -0.39 is 0 Å². The molecule has 0 fully saturated rings. The summed E-state index contributed by atoms with van der Waals surface area (Å²) in [5, 5.41) is -0.144. The van der Waals surface area contributed by atoms with Crippen molar-refractivity contribution in [3.63, 3.8) is 0 Å². The van der Waals surface area contributed by atoms with Gasteiger partial charge in [0, 0.05) is 18.3 Å². The third-order valence-electron chi connectivity index (χ3n) is 2.30. The SMILES string of the molecule is Cc1ccoc1C(Cl)Cc1ccccn1. The number of aryl methyl sites for hydroxylation is 1. The monoisotopic (exact) mass is 221 g/mol. The van der Waals surface area contributed by atoms with Gasteiger partial charge in [0.2, 0.25) is 0 Å². The van der Waals surface area contributed by atoms with Crippen LogP contribution < -0.4 is 0 Å². The number of hydrogen-bond donors (Lipinski definition) is 0. The Labute approximate surface area is 93.9 Å².